The summed E-state index contributed by atoms with van der Waals surface area (Å²) in [5, 5.41) is 8.78. The molecule has 0 aliphatic carbocycles. The number of hydrogen-bond donors (Lipinski definition) is 1. The van der Waals surface area contributed by atoms with Crippen molar-refractivity contribution in [2.24, 2.45) is 5.41 Å². The number of nitrogens with zero attached hydrogens (tertiary/aromatic N) is 1. The Hall–Kier alpha value is -0.570. The van der Waals surface area contributed by atoms with Gasteiger partial charge < -0.3 is 10.0 Å². The van der Waals surface area contributed by atoms with Gasteiger partial charge in [-0.1, -0.05) is 6.92 Å². The molecule has 1 heterocycles. The highest BCUT2D eigenvalue weighted by Crippen LogP contribution is 2.33. The molecule has 0 spiro atoms. The largest absolute Gasteiger partial charge is 0.481 e. The van der Waals surface area contributed by atoms with Crippen molar-refractivity contribution in [3.63, 3.8) is 0 Å². The standard InChI is InChI=1S/C10H19NO2/c1-10(8-9(12)13)4-3-6-11(2)7-5-10/h3-8H2,1-2H3,(H,12,13). The Kier molecular flexibility index (Phi) is 3.31. The molecule has 1 N–H and O–H groups in total. The Balaban J connectivity index is 2.52. The van der Waals surface area contributed by atoms with Crippen LogP contribution in [-0.2, 0) is 4.79 Å². The van der Waals surface area contributed by atoms with Crippen molar-refractivity contribution in [1.29, 1.82) is 0 Å². The molecule has 0 amide bonds. The van der Waals surface area contributed by atoms with Crippen LogP contribution in [0.25, 0.3) is 0 Å². The highest BCUT2D eigenvalue weighted by molar-refractivity contribution is 5.67. The third-order valence-electron chi connectivity index (χ3n) is 3.00. The fraction of sp³-hybridized carbons (Fsp3) is 0.900. The second kappa shape index (κ2) is 4.09. The van der Waals surface area contributed by atoms with E-state index in [4.69, 9.17) is 5.11 Å². The minimum atomic E-state index is -0.660. The van der Waals surface area contributed by atoms with E-state index < -0.39 is 5.97 Å². The summed E-state index contributed by atoms with van der Waals surface area (Å²) in [4.78, 5) is 12.9. The number of carboxylic acid groups (broad SMARTS) is 1. The van der Waals surface area contributed by atoms with Gasteiger partial charge in [0.1, 0.15) is 0 Å². The van der Waals surface area contributed by atoms with E-state index in [1.54, 1.807) is 0 Å². The van der Waals surface area contributed by atoms with E-state index in [1.807, 2.05) is 0 Å². The minimum absolute atomic E-state index is 0.0244. The molecule has 13 heavy (non-hydrogen) atoms. The highest BCUT2D eigenvalue weighted by Gasteiger charge is 2.29. The van der Waals surface area contributed by atoms with E-state index >= 15 is 0 Å². The van der Waals surface area contributed by atoms with Crippen molar-refractivity contribution in [3.05, 3.63) is 0 Å². The lowest BCUT2D eigenvalue weighted by Gasteiger charge is -2.25. The molecule has 1 aliphatic heterocycles. The third kappa shape index (κ3) is 3.35. The van der Waals surface area contributed by atoms with Crippen LogP contribution in [0.2, 0.25) is 0 Å². The number of carbonyl (C=O) groups is 1. The van der Waals surface area contributed by atoms with Crippen molar-refractivity contribution in [2.75, 3.05) is 20.1 Å². The van der Waals surface area contributed by atoms with Crippen LogP contribution < -0.4 is 0 Å². The zero-order chi connectivity index (χ0) is 9.90. The van der Waals surface area contributed by atoms with Gasteiger partial charge in [0.25, 0.3) is 0 Å². The first kappa shape index (κ1) is 10.5. The molecule has 0 bridgehead atoms. The summed E-state index contributed by atoms with van der Waals surface area (Å²) in [6, 6.07) is 0. The van der Waals surface area contributed by atoms with Gasteiger partial charge in [0.2, 0.25) is 0 Å². The Bertz CT molecular complexity index is 193. The molecule has 1 rings (SSSR count). The second-order valence-electron chi connectivity index (χ2n) is 4.54. The van der Waals surface area contributed by atoms with E-state index in [0.29, 0.717) is 6.42 Å². The summed E-state index contributed by atoms with van der Waals surface area (Å²) in [6.45, 7) is 4.24. The maximum absolute atomic E-state index is 10.7. The van der Waals surface area contributed by atoms with Gasteiger partial charge in [-0.2, -0.15) is 0 Å². The molecular formula is C10H19NO2. The van der Waals surface area contributed by atoms with Crippen LogP contribution in [0, 0.1) is 5.41 Å². The molecule has 1 unspecified atom stereocenters. The van der Waals surface area contributed by atoms with Gasteiger partial charge in [0, 0.05) is 0 Å². The van der Waals surface area contributed by atoms with Crippen LogP contribution in [0.15, 0.2) is 0 Å². The lowest BCUT2D eigenvalue weighted by Crippen LogP contribution is -2.23. The van der Waals surface area contributed by atoms with Crippen molar-refractivity contribution < 1.29 is 9.90 Å². The molecule has 0 radical (unpaired) electrons. The molecule has 0 aromatic carbocycles. The number of hydrogen-bond acceptors (Lipinski definition) is 2. The molecule has 1 saturated heterocycles. The number of aliphatic carboxylic acids is 1. The van der Waals surface area contributed by atoms with E-state index in [1.165, 1.54) is 0 Å². The summed E-state index contributed by atoms with van der Waals surface area (Å²) in [5.41, 5.74) is 0.0244. The van der Waals surface area contributed by atoms with Crippen LogP contribution in [0.4, 0.5) is 0 Å². The zero-order valence-electron chi connectivity index (χ0n) is 8.55. The van der Waals surface area contributed by atoms with E-state index in [-0.39, 0.29) is 5.41 Å². The van der Waals surface area contributed by atoms with Gasteiger partial charge in [-0.25, -0.2) is 0 Å². The number of carboxylic acids is 1. The zero-order valence-corrected chi connectivity index (χ0v) is 8.55. The molecule has 0 saturated carbocycles. The first-order chi connectivity index (χ1) is 6.02. The number of likely N-dealkylation sites (tertiary alicyclic amines) is 1. The first-order valence-corrected chi connectivity index (χ1v) is 4.92. The monoisotopic (exact) mass is 185 g/mol. The quantitative estimate of drug-likeness (QED) is 0.710. The molecule has 1 fully saturated rings. The molecule has 1 aliphatic rings. The molecule has 3 nitrogen and oxygen atoms in total. The van der Waals surface area contributed by atoms with Gasteiger partial charge in [-0.3, -0.25) is 4.79 Å². The Morgan fingerprint density at radius 2 is 2.15 bits per heavy atom. The van der Waals surface area contributed by atoms with Crippen molar-refractivity contribution in [1.82, 2.24) is 4.90 Å². The minimum Gasteiger partial charge on any atom is -0.481 e. The van der Waals surface area contributed by atoms with Gasteiger partial charge in [-0.05, 0) is 44.8 Å². The van der Waals surface area contributed by atoms with Crippen molar-refractivity contribution in [3.8, 4) is 0 Å². The van der Waals surface area contributed by atoms with Gasteiger partial charge >= 0.3 is 5.97 Å². The van der Waals surface area contributed by atoms with Crippen LogP contribution in [-0.4, -0.2) is 36.1 Å². The average Bonchev–Trinajstić information content (AvgIpc) is 2.12. The van der Waals surface area contributed by atoms with Gasteiger partial charge in [0.15, 0.2) is 0 Å². The molecule has 0 aromatic rings. The van der Waals surface area contributed by atoms with Crippen LogP contribution in [0.5, 0.6) is 0 Å². The van der Waals surface area contributed by atoms with E-state index in [9.17, 15) is 4.79 Å². The molecule has 3 heteroatoms. The topological polar surface area (TPSA) is 40.5 Å². The van der Waals surface area contributed by atoms with Gasteiger partial charge in [-0.15, -0.1) is 0 Å². The van der Waals surface area contributed by atoms with Crippen LogP contribution >= 0.6 is 0 Å². The van der Waals surface area contributed by atoms with Crippen LogP contribution in [0.3, 0.4) is 0 Å². The predicted molar refractivity (Wildman–Crippen MR) is 51.7 cm³/mol. The average molecular weight is 185 g/mol. The fourth-order valence-corrected chi connectivity index (χ4v) is 2.02. The lowest BCUT2D eigenvalue weighted by molar-refractivity contribution is -0.139. The molecule has 0 aromatic heterocycles. The summed E-state index contributed by atoms with van der Waals surface area (Å²) in [5.74, 6) is -0.660. The maximum Gasteiger partial charge on any atom is 0.303 e. The van der Waals surface area contributed by atoms with E-state index in [2.05, 4.69) is 18.9 Å². The summed E-state index contributed by atoms with van der Waals surface area (Å²) in [6.07, 6.45) is 3.50. The smallest absolute Gasteiger partial charge is 0.303 e. The highest BCUT2D eigenvalue weighted by atomic mass is 16.4. The van der Waals surface area contributed by atoms with E-state index in [0.717, 1.165) is 32.4 Å². The maximum atomic E-state index is 10.7. The Morgan fingerprint density at radius 3 is 2.77 bits per heavy atom. The molecular weight excluding hydrogens is 166 g/mol. The summed E-state index contributed by atoms with van der Waals surface area (Å²) in [7, 11) is 2.10. The molecule has 76 valence electrons. The van der Waals surface area contributed by atoms with Crippen molar-refractivity contribution >= 4 is 5.97 Å². The SMILES string of the molecule is CN1CCCC(C)(CC(=O)O)CC1. The number of rotatable bonds is 2. The van der Waals surface area contributed by atoms with Crippen LogP contribution in [0.1, 0.15) is 32.6 Å². The first-order valence-electron chi connectivity index (χ1n) is 4.92. The predicted octanol–water partition coefficient (Wildman–Crippen LogP) is 1.58. The fourth-order valence-electron chi connectivity index (χ4n) is 2.02. The second-order valence-corrected chi connectivity index (χ2v) is 4.54. The van der Waals surface area contributed by atoms with Gasteiger partial charge in [0.05, 0.1) is 6.42 Å². The molecule has 1 atom stereocenters. The van der Waals surface area contributed by atoms with Crippen molar-refractivity contribution in [2.45, 2.75) is 32.6 Å². The normalized spacial score (nSPS) is 31.2. The third-order valence-corrected chi connectivity index (χ3v) is 3.00. The summed E-state index contributed by atoms with van der Waals surface area (Å²) >= 11 is 0. The summed E-state index contributed by atoms with van der Waals surface area (Å²) < 4.78 is 0. The lowest BCUT2D eigenvalue weighted by atomic mass is 9.80. The Morgan fingerprint density at radius 1 is 1.46 bits per heavy atom. The Labute approximate surface area is 79.7 Å².